The van der Waals surface area contributed by atoms with Crippen LogP contribution in [0.2, 0.25) is 0 Å². The van der Waals surface area contributed by atoms with Gasteiger partial charge >= 0.3 is 0 Å². The van der Waals surface area contributed by atoms with Crippen LogP contribution in [0, 0.1) is 0 Å². The highest BCUT2D eigenvalue weighted by atomic mass is 16.5. The van der Waals surface area contributed by atoms with Crippen LogP contribution in [-0.4, -0.2) is 12.2 Å². The maximum atomic E-state index is 6.28. The van der Waals surface area contributed by atoms with Crippen LogP contribution >= 0.6 is 0 Å². The number of hydrogen-bond donors (Lipinski definition) is 0. The van der Waals surface area contributed by atoms with Crippen molar-refractivity contribution >= 4 is 0 Å². The highest BCUT2D eigenvalue weighted by Gasteiger charge is 2.28. The van der Waals surface area contributed by atoms with E-state index in [4.69, 9.17) is 4.74 Å². The minimum absolute atomic E-state index is 0.199. The summed E-state index contributed by atoms with van der Waals surface area (Å²) in [6, 6.07) is 0. The molecule has 0 aromatic heterocycles. The molecule has 0 spiro atoms. The van der Waals surface area contributed by atoms with Gasteiger partial charge in [-0.1, -0.05) is 91.4 Å². The fourth-order valence-corrected chi connectivity index (χ4v) is 3.30. The second kappa shape index (κ2) is 14.9. The summed E-state index contributed by atoms with van der Waals surface area (Å²) in [5.41, 5.74) is 0.199. The van der Waals surface area contributed by atoms with E-state index in [0.29, 0.717) is 0 Å². The second-order valence-corrected chi connectivity index (χ2v) is 6.69. The molecule has 0 atom stereocenters. The maximum absolute atomic E-state index is 6.28. The van der Waals surface area contributed by atoms with Crippen LogP contribution in [0.1, 0.15) is 118 Å². The molecule has 0 fully saturated rings. The molecule has 0 saturated heterocycles. The molecule has 0 unspecified atom stereocenters. The lowest BCUT2D eigenvalue weighted by molar-refractivity contribution is -0.0619. The third-order valence-electron chi connectivity index (χ3n) is 4.66. The minimum Gasteiger partial charge on any atom is -0.375 e. The van der Waals surface area contributed by atoms with E-state index in [1.165, 1.54) is 89.9 Å². The molecule has 1 nitrogen and oxygen atoms in total. The Morgan fingerprint density at radius 2 is 0.952 bits per heavy atom. The zero-order valence-corrected chi connectivity index (χ0v) is 15.5. The van der Waals surface area contributed by atoms with E-state index in [9.17, 15) is 0 Å². The average molecular weight is 299 g/mol. The van der Waals surface area contributed by atoms with Gasteiger partial charge in [-0.15, -0.1) is 0 Å². The van der Waals surface area contributed by atoms with Crippen molar-refractivity contribution < 1.29 is 4.74 Å². The van der Waals surface area contributed by atoms with Gasteiger partial charge in [-0.2, -0.15) is 0 Å². The summed E-state index contributed by atoms with van der Waals surface area (Å²) in [5.74, 6) is 0. The van der Waals surface area contributed by atoms with Crippen LogP contribution in [0.4, 0.5) is 0 Å². The van der Waals surface area contributed by atoms with E-state index in [-0.39, 0.29) is 5.60 Å². The largest absolute Gasteiger partial charge is 0.375 e. The van der Waals surface area contributed by atoms with Crippen molar-refractivity contribution in [1.82, 2.24) is 0 Å². The topological polar surface area (TPSA) is 9.23 Å². The Morgan fingerprint density at radius 3 is 1.43 bits per heavy atom. The van der Waals surface area contributed by atoms with Crippen molar-refractivity contribution in [3.63, 3.8) is 0 Å². The Balaban J connectivity index is 4.10. The Labute approximate surface area is 135 Å². The SMILES string of the molecule is CCCCCCCCCC(CCCC)(CCCC)OCC. The summed E-state index contributed by atoms with van der Waals surface area (Å²) >= 11 is 0. The van der Waals surface area contributed by atoms with Crippen LogP contribution < -0.4 is 0 Å². The summed E-state index contributed by atoms with van der Waals surface area (Å²) in [7, 11) is 0. The molecule has 0 aromatic rings. The first kappa shape index (κ1) is 21.0. The molecule has 0 heterocycles. The molecule has 0 N–H and O–H groups in total. The molecule has 0 saturated carbocycles. The molecule has 0 rings (SSSR count). The fraction of sp³-hybridized carbons (Fsp3) is 1.00. The molecule has 0 amide bonds. The number of ether oxygens (including phenoxy) is 1. The molecule has 0 aromatic carbocycles. The normalized spacial score (nSPS) is 12.0. The summed E-state index contributed by atoms with van der Waals surface area (Å²) in [6.45, 7) is 9.92. The van der Waals surface area contributed by atoms with Crippen LogP contribution in [0.5, 0.6) is 0 Å². The van der Waals surface area contributed by atoms with Gasteiger partial charge in [0.15, 0.2) is 0 Å². The third kappa shape index (κ3) is 11.2. The van der Waals surface area contributed by atoms with Crippen molar-refractivity contribution in [2.75, 3.05) is 6.61 Å². The molecule has 128 valence electrons. The molecular formula is C20H42O. The molecule has 0 aliphatic heterocycles. The van der Waals surface area contributed by atoms with Gasteiger partial charge in [-0.3, -0.25) is 0 Å². The summed E-state index contributed by atoms with van der Waals surface area (Å²) in [6.07, 6.45) is 18.8. The van der Waals surface area contributed by atoms with Gasteiger partial charge in [-0.05, 0) is 26.2 Å². The van der Waals surface area contributed by atoms with Crippen molar-refractivity contribution in [2.24, 2.45) is 0 Å². The van der Waals surface area contributed by atoms with Crippen LogP contribution in [0.15, 0.2) is 0 Å². The Kier molecular flexibility index (Phi) is 14.9. The highest BCUT2D eigenvalue weighted by molar-refractivity contribution is 4.81. The first-order valence-corrected chi connectivity index (χ1v) is 9.88. The van der Waals surface area contributed by atoms with Crippen LogP contribution in [-0.2, 0) is 4.74 Å². The molecule has 21 heavy (non-hydrogen) atoms. The first-order chi connectivity index (χ1) is 10.2. The van der Waals surface area contributed by atoms with E-state index in [1.807, 2.05) is 0 Å². The maximum Gasteiger partial charge on any atom is 0.0682 e. The molecule has 0 aliphatic rings. The predicted octanol–water partition coefficient (Wildman–Crippen LogP) is 7.28. The zero-order valence-electron chi connectivity index (χ0n) is 15.5. The van der Waals surface area contributed by atoms with Gasteiger partial charge < -0.3 is 4.74 Å². The zero-order chi connectivity index (χ0) is 15.8. The van der Waals surface area contributed by atoms with Gasteiger partial charge in [0.25, 0.3) is 0 Å². The monoisotopic (exact) mass is 298 g/mol. The lowest BCUT2D eigenvalue weighted by Crippen LogP contribution is -2.33. The number of unbranched alkanes of at least 4 members (excludes halogenated alkanes) is 8. The van der Waals surface area contributed by atoms with E-state index >= 15 is 0 Å². The highest BCUT2D eigenvalue weighted by Crippen LogP contribution is 2.32. The fourth-order valence-electron chi connectivity index (χ4n) is 3.30. The Morgan fingerprint density at radius 1 is 0.524 bits per heavy atom. The van der Waals surface area contributed by atoms with Gasteiger partial charge in [0, 0.05) is 6.61 Å². The molecular weight excluding hydrogens is 256 g/mol. The lowest BCUT2D eigenvalue weighted by atomic mass is 9.85. The number of hydrogen-bond acceptors (Lipinski definition) is 1. The minimum atomic E-state index is 0.199. The smallest absolute Gasteiger partial charge is 0.0682 e. The summed E-state index contributed by atoms with van der Waals surface area (Å²) < 4.78 is 6.28. The third-order valence-corrected chi connectivity index (χ3v) is 4.66. The molecule has 1 heteroatoms. The van der Waals surface area contributed by atoms with Gasteiger partial charge in [0.2, 0.25) is 0 Å². The van der Waals surface area contributed by atoms with Crippen LogP contribution in [0.3, 0.4) is 0 Å². The van der Waals surface area contributed by atoms with E-state index < -0.39 is 0 Å². The van der Waals surface area contributed by atoms with Crippen molar-refractivity contribution in [3.05, 3.63) is 0 Å². The summed E-state index contributed by atoms with van der Waals surface area (Å²) in [4.78, 5) is 0. The average Bonchev–Trinajstić information content (AvgIpc) is 2.50. The Hall–Kier alpha value is -0.0400. The quantitative estimate of drug-likeness (QED) is 0.272. The summed E-state index contributed by atoms with van der Waals surface area (Å²) in [5, 5.41) is 0. The standard InChI is InChI=1S/C20H42O/c1-5-9-12-13-14-15-16-19-20(21-8-4,17-10-6-2)18-11-7-3/h5-19H2,1-4H3. The van der Waals surface area contributed by atoms with Crippen molar-refractivity contribution in [3.8, 4) is 0 Å². The number of rotatable bonds is 16. The van der Waals surface area contributed by atoms with Crippen molar-refractivity contribution in [1.29, 1.82) is 0 Å². The van der Waals surface area contributed by atoms with E-state index in [0.717, 1.165) is 6.61 Å². The lowest BCUT2D eigenvalue weighted by Gasteiger charge is -2.34. The van der Waals surface area contributed by atoms with E-state index in [1.54, 1.807) is 0 Å². The predicted molar refractivity (Wildman–Crippen MR) is 96.0 cm³/mol. The van der Waals surface area contributed by atoms with Crippen LogP contribution in [0.25, 0.3) is 0 Å². The van der Waals surface area contributed by atoms with Gasteiger partial charge in [0.05, 0.1) is 5.60 Å². The van der Waals surface area contributed by atoms with Crippen molar-refractivity contribution in [2.45, 2.75) is 123 Å². The second-order valence-electron chi connectivity index (χ2n) is 6.69. The van der Waals surface area contributed by atoms with Gasteiger partial charge in [-0.25, -0.2) is 0 Å². The molecule has 0 bridgehead atoms. The Bertz CT molecular complexity index is 192. The van der Waals surface area contributed by atoms with E-state index in [2.05, 4.69) is 27.7 Å². The first-order valence-electron chi connectivity index (χ1n) is 9.88. The van der Waals surface area contributed by atoms with Gasteiger partial charge in [0.1, 0.15) is 0 Å². The molecule has 0 radical (unpaired) electrons. The molecule has 0 aliphatic carbocycles.